The van der Waals surface area contributed by atoms with Crippen LogP contribution >= 0.6 is 15.9 Å². The van der Waals surface area contributed by atoms with Gasteiger partial charge in [-0.15, -0.1) is 0 Å². The Kier molecular flexibility index (Phi) is 3.58. The number of anilines is 1. The summed E-state index contributed by atoms with van der Waals surface area (Å²) in [6, 6.07) is 11.4. The summed E-state index contributed by atoms with van der Waals surface area (Å²) in [5.41, 5.74) is 1.24. The van der Waals surface area contributed by atoms with Gasteiger partial charge in [-0.05, 0) is 12.1 Å². The molecule has 4 nitrogen and oxygen atoms in total. The SMILES string of the molecule is CN(C)c1cc(C#N)nc(-c2cccc(Br)c2)n1. The Labute approximate surface area is 114 Å². The highest BCUT2D eigenvalue weighted by molar-refractivity contribution is 9.10. The molecule has 90 valence electrons. The predicted octanol–water partition coefficient (Wildman–Crippen LogP) is 2.84. The van der Waals surface area contributed by atoms with Gasteiger partial charge in [0.25, 0.3) is 0 Å². The normalized spacial score (nSPS) is 9.89. The molecule has 0 atom stereocenters. The van der Waals surface area contributed by atoms with Gasteiger partial charge in [0.2, 0.25) is 0 Å². The van der Waals surface area contributed by atoms with Crippen molar-refractivity contribution < 1.29 is 0 Å². The topological polar surface area (TPSA) is 52.8 Å². The summed E-state index contributed by atoms with van der Waals surface area (Å²) in [5.74, 6) is 1.27. The van der Waals surface area contributed by atoms with Crippen molar-refractivity contribution >= 4 is 21.7 Å². The number of hydrogen-bond donors (Lipinski definition) is 0. The third kappa shape index (κ3) is 2.66. The second-order valence-corrected chi connectivity index (χ2v) is 4.87. The van der Waals surface area contributed by atoms with E-state index in [0.717, 1.165) is 15.9 Å². The summed E-state index contributed by atoms with van der Waals surface area (Å²) >= 11 is 3.41. The van der Waals surface area contributed by atoms with Gasteiger partial charge in [0.15, 0.2) is 5.82 Å². The largest absolute Gasteiger partial charge is 0.363 e. The van der Waals surface area contributed by atoms with E-state index in [2.05, 4.69) is 32.0 Å². The Morgan fingerprint density at radius 2 is 2.00 bits per heavy atom. The van der Waals surface area contributed by atoms with Crippen LogP contribution in [0.25, 0.3) is 11.4 Å². The number of hydrogen-bond acceptors (Lipinski definition) is 4. The molecule has 0 aliphatic rings. The van der Waals surface area contributed by atoms with Gasteiger partial charge in [-0.1, -0.05) is 28.1 Å². The van der Waals surface area contributed by atoms with Crippen molar-refractivity contribution in [2.75, 3.05) is 19.0 Å². The molecule has 1 aromatic heterocycles. The maximum absolute atomic E-state index is 9.00. The highest BCUT2D eigenvalue weighted by atomic mass is 79.9. The lowest BCUT2D eigenvalue weighted by molar-refractivity contribution is 1.03. The number of benzene rings is 1. The Hall–Kier alpha value is -1.93. The Morgan fingerprint density at radius 1 is 1.22 bits per heavy atom. The molecule has 0 saturated heterocycles. The molecule has 0 aliphatic carbocycles. The first-order valence-corrected chi connectivity index (χ1v) is 6.12. The first kappa shape index (κ1) is 12.5. The lowest BCUT2D eigenvalue weighted by Gasteiger charge is -2.12. The lowest BCUT2D eigenvalue weighted by atomic mass is 10.2. The van der Waals surface area contributed by atoms with Crippen LogP contribution in [0.1, 0.15) is 5.69 Å². The second kappa shape index (κ2) is 5.15. The number of aromatic nitrogens is 2. The van der Waals surface area contributed by atoms with E-state index < -0.39 is 0 Å². The Bertz CT molecular complexity index is 617. The van der Waals surface area contributed by atoms with Crippen molar-refractivity contribution in [3.05, 3.63) is 40.5 Å². The monoisotopic (exact) mass is 302 g/mol. The van der Waals surface area contributed by atoms with Crippen molar-refractivity contribution in [3.8, 4) is 17.5 Å². The van der Waals surface area contributed by atoms with Gasteiger partial charge in [0.05, 0.1) is 0 Å². The van der Waals surface area contributed by atoms with E-state index in [1.54, 1.807) is 6.07 Å². The van der Waals surface area contributed by atoms with E-state index in [1.807, 2.05) is 43.3 Å². The minimum absolute atomic E-state index is 0.365. The minimum Gasteiger partial charge on any atom is -0.363 e. The van der Waals surface area contributed by atoms with Crippen LogP contribution in [0.2, 0.25) is 0 Å². The molecule has 0 saturated carbocycles. The van der Waals surface area contributed by atoms with Gasteiger partial charge in [-0.25, -0.2) is 9.97 Å². The zero-order valence-electron chi connectivity index (χ0n) is 10.1. The second-order valence-electron chi connectivity index (χ2n) is 3.95. The number of nitrogens with zero attached hydrogens (tertiary/aromatic N) is 4. The molecule has 0 fully saturated rings. The maximum Gasteiger partial charge on any atom is 0.163 e. The summed E-state index contributed by atoms with van der Waals surface area (Å²) in [6.07, 6.45) is 0. The summed E-state index contributed by atoms with van der Waals surface area (Å²) in [6.45, 7) is 0. The smallest absolute Gasteiger partial charge is 0.163 e. The van der Waals surface area contributed by atoms with Crippen molar-refractivity contribution in [1.82, 2.24) is 9.97 Å². The molecule has 18 heavy (non-hydrogen) atoms. The quantitative estimate of drug-likeness (QED) is 0.856. The molecule has 0 amide bonds. The van der Waals surface area contributed by atoms with Crippen molar-refractivity contribution in [2.45, 2.75) is 0 Å². The van der Waals surface area contributed by atoms with E-state index in [1.165, 1.54) is 0 Å². The summed E-state index contributed by atoms with van der Waals surface area (Å²) in [7, 11) is 3.77. The highest BCUT2D eigenvalue weighted by Gasteiger charge is 2.08. The predicted molar refractivity (Wildman–Crippen MR) is 74.2 cm³/mol. The zero-order valence-corrected chi connectivity index (χ0v) is 11.6. The highest BCUT2D eigenvalue weighted by Crippen LogP contribution is 2.22. The molecule has 0 N–H and O–H groups in total. The number of halogens is 1. The third-order valence-electron chi connectivity index (χ3n) is 2.37. The van der Waals surface area contributed by atoms with Crippen molar-refractivity contribution in [2.24, 2.45) is 0 Å². The van der Waals surface area contributed by atoms with Crippen molar-refractivity contribution in [3.63, 3.8) is 0 Å². The summed E-state index contributed by atoms with van der Waals surface area (Å²) in [5, 5.41) is 9.00. The molecule has 2 aromatic rings. The summed E-state index contributed by atoms with van der Waals surface area (Å²) in [4.78, 5) is 10.5. The van der Waals surface area contributed by atoms with E-state index in [0.29, 0.717) is 11.5 Å². The van der Waals surface area contributed by atoms with Gasteiger partial charge in [-0.3, -0.25) is 0 Å². The maximum atomic E-state index is 9.00. The van der Waals surface area contributed by atoms with E-state index in [4.69, 9.17) is 5.26 Å². The van der Waals surface area contributed by atoms with Crippen LogP contribution in [0.3, 0.4) is 0 Å². The molecular formula is C13H11BrN4. The van der Waals surface area contributed by atoms with Gasteiger partial charge >= 0.3 is 0 Å². The van der Waals surface area contributed by atoms with Gasteiger partial charge in [0.1, 0.15) is 17.6 Å². The standard InChI is InChI=1S/C13H11BrN4/c1-18(2)12-7-11(8-15)16-13(17-12)9-4-3-5-10(14)6-9/h3-7H,1-2H3. The molecule has 2 rings (SSSR count). The molecule has 1 heterocycles. The zero-order chi connectivity index (χ0) is 13.1. The van der Waals surface area contributed by atoms with E-state index in [-0.39, 0.29) is 0 Å². The molecule has 1 aromatic carbocycles. The fraction of sp³-hybridized carbons (Fsp3) is 0.154. The van der Waals surface area contributed by atoms with Crippen LogP contribution in [-0.2, 0) is 0 Å². The Morgan fingerprint density at radius 3 is 2.61 bits per heavy atom. The van der Waals surface area contributed by atoms with Crippen molar-refractivity contribution in [1.29, 1.82) is 5.26 Å². The fourth-order valence-corrected chi connectivity index (χ4v) is 1.88. The van der Waals surface area contributed by atoms with Gasteiger partial charge in [-0.2, -0.15) is 5.26 Å². The van der Waals surface area contributed by atoms with Gasteiger partial charge < -0.3 is 4.90 Å². The molecule has 0 bridgehead atoms. The van der Waals surface area contributed by atoms with Crippen LogP contribution in [-0.4, -0.2) is 24.1 Å². The Balaban J connectivity index is 2.57. The average Bonchev–Trinajstić information content (AvgIpc) is 2.38. The first-order chi connectivity index (χ1) is 8.60. The average molecular weight is 303 g/mol. The van der Waals surface area contributed by atoms with Gasteiger partial charge in [0, 0.05) is 30.2 Å². The first-order valence-electron chi connectivity index (χ1n) is 5.32. The minimum atomic E-state index is 0.365. The van der Waals surface area contributed by atoms with E-state index in [9.17, 15) is 0 Å². The number of rotatable bonds is 2. The number of nitriles is 1. The molecule has 0 unspecified atom stereocenters. The summed E-state index contributed by atoms with van der Waals surface area (Å²) < 4.78 is 0.956. The van der Waals surface area contributed by atoms with Crippen LogP contribution in [0.5, 0.6) is 0 Å². The third-order valence-corrected chi connectivity index (χ3v) is 2.86. The molecule has 0 aliphatic heterocycles. The molecular weight excluding hydrogens is 292 g/mol. The fourth-order valence-electron chi connectivity index (χ4n) is 1.48. The molecule has 5 heteroatoms. The van der Waals surface area contributed by atoms with E-state index >= 15 is 0 Å². The molecule has 0 spiro atoms. The molecule has 0 radical (unpaired) electrons. The van der Waals surface area contributed by atoms with Crippen LogP contribution in [0.15, 0.2) is 34.8 Å². The van der Waals surface area contributed by atoms with Crippen LogP contribution in [0.4, 0.5) is 5.82 Å². The van der Waals surface area contributed by atoms with Crippen LogP contribution < -0.4 is 4.90 Å². The van der Waals surface area contributed by atoms with Crippen LogP contribution in [0, 0.1) is 11.3 Å². The lowest BCUT2D eigenvalue weighted by Crippen LogP contribution is -2.12.